The summed E-state index contributed by atoms with van der Waals surface area (Å²) in [5, 5.41) is 28.0. The van der Waals surface area contributed by atoms with Gasteiger partial charge in [0, 0.05) is 17.1 Å². The second kappa shape index (κ2) is 12.0. The molecule has 0 saturated carbocycles. The number of aliphatic carboxylic acids is 1. The molecule has 1 N–H and O–H groups in total. The Balaban J connectivity index is 1.97. The summed E-state index contributed by atoms with van der Waals surface area (Å²) in [7, 11) is 0. The van der Waals surface area contributed by atoms with E-state index < -0.39 is 46.3 Å². The van der Waals surface area contributed by atoms with Crippen LogP contribution >= 0.6 is 11.8 Å². The lowest BCUT2D eigenvalue weighted by molar-refractivity contribution is -0.798. The summed E-state index contributed by atoms with van der Waals surface area (Å²) in [4.78, 5) is 54.0. The van der Waals surface area contributed by atoms with Crippen LogP contribution in [0.4, 0.5) is 0 Å². The number of esters is 1. The highest BCUT2D eigenvalue weighted by atomic mass is 32.2. The molecule has 12 nitrogen and oxygen atoms in total. The van der Waals surface area contributed by atoms with Gasteiger partial charge in [-0.25, -0.2) is 0 Å². The topological polar surface area (TPSA) is 168 Å². The van der Waals surface area contributed by atoms with Crippen molar-refractivity contribution in [2.24, 2.45) is 0 Å². The lowest BCUT2D eigenvalue weighted by Gasteiger charge is -2.20. The first-order valence-corrected chi connectivity index (χ1v) is 11.0. The van der Waals surface area contributed by atoms with Crippen LogP contribution < -0.4 is 0 Å². The molecule has 1 aromatic carbocycles. The average Bonchev–Trinajstić information content (AvgIpc) is 3.16. The fourth-order valence-electron chi connectivity index (χ4n) is 3.12. The van der Waals surface area contributed by atoms with Gasteiger partial charge in [0.05, 0.1) is 5.92 Å². The minimum Gasteiger partial charge on any atom is -0.481 e. The molecule has 13 heteroatoms. The van der Waals surface area contributed by atoms with E-state index >= 15 is 0 Å². The lowest BCUT2D eigenvalue weighted by Crippen LogP contribution is -2.33. The van der Waals surface area contributed by atoms with Crippen molar-refractivity contribution in [1.82, 2.24) is 0 Å². The first-order valence-electron chi connectivity index (χ1n) is 10.1. The molecule has 1 fully saturated rings. The second-order valence-corrected chi connectivity index (χ2v) is 8.50. The van der Waals surface area contributed by atoms with Gasteiger partial charge in [-0.2, -0.15) is 0 Å². The van der Waals surface area contributed by atoms with Crippen LogP contribution in [0.2, 0.25) is 0 Å². The third-order valence-electron chi connectivity index (χ3n) is 4.99. The van der Waals surface area contributed by atoms with Gasteiger partial charge in [0.2, 0.25) is 0 Å². The Morgan fingerprint density at radius 2 is 1.82 bits per heavy atom. The van der Waals surface area contributed by atoms with E-state index in [0.29, 0.717) is 12.0 Å². The number of nitrogens with zero attached hydrogens (tertiary/aromatic N) is 2. The molecule has 1 saturated heterocycles. The van der Waals surface area contributed by atoms with Gasteiger partial charge in [-0.3, -0.25) is 9.59 Å². The summed E-state index contributed by atoms with van der Waals surface area (Å²) in [6, 6.07) is 7.04. The minimum absolute atomic E-state index is 0.197. The monoisotopic (exact) mass is 484 g/mol. The Hall–Kier alpha value is -3.35. The second-order valence-electron chi connectivity index (χ2n) is 7.33. The van der Waals surface area contributed by atoms with Gasteiger partial charge in [-0.15, -0.1) is 32.0 Å². The summed E-state index contributed by atoms with van der Waals surface area (Å²) < 4.78 is 5.50. The van der Waals surface area contributed by atoms with Crippen LogP contribution in [0, 0.1) is 20.2 Å². The maximum absolute atomic E-state index is 12.3. The Bertz CT molecular complexity index is 905. The van der Waals surface area contributed by atoms with E-state index in [-0.39, 0.29) is 12.8 Å². The maximum atomic E-state index is 12.3. The molecule has 33 heavy (non-hydrogen) atoms. The normalized spacial score (nSPS) is 19.3. The van der Waals surface area contributed by atoms with Crippen molar-refractivity contribution in [2.75, 3.05) is 5.75 Å². The standard InChI is InChI=1S/C20H24N2O10S/c1-12(20(24)25)15-5-3-14(4-6-15)11-18-17(9-10-33-18)30-19(23)8-7-16(32-22(28)29)13(2)31-21(26)27/h3-6,11-13,16-17H,7-10H2,1-2H3,(H,24,25)/b18-11-/t12-,13?,16?,17-/m0/s1. The Labute approximate surface area is 193 Å². The number of carboxylic acid groups (broad SMARTS) is 1. The molecular weight excluding hydrogens is 460 g/mol. The van der Waals surface area contributed by atoms with Gasteiger partial charge in [-0.05, 0) is 43.9 Å². The van der Waals surface area contributed by atoms with Crippen molar-refractivity contribution in [1.29, 1.82) is 0 Å². The Morgan fingerprint density at radius 3 is 2.39 bits per heavy atom. The van der Waals surface area contributed by atoms with E-state index in [1.165, 1.54) is 18.7 Å². The zero-order valence-electron chi connectivity index (χ0n) is 17.9. The quantitative estimate of drug-likeness (QED) is 0.262. The van der Waals surface area contributed by atoms with E-state index in [1.54, 1.807) is 31.2 Å². The first-order chi connectivity index (χ1) is 15.6. The lowest BCUT2D eigenvalue weighted by atomic mass is 10.00. The molecule has 1 aromatic rings. The summed E-state index contributed by atoms with van der Waals surface area (Å²) in [5.41, 5.74) is 1.50. The zero-order chi connectivity index (χ0) is 24.5. The fraction of sp³-hybridized carbons (Fsp3) is 0.500. The number of hydrogen-bond donors (Lipinski definition) is 1. The number of ether oxygens (including phenoxy) is 1. The van der Waals surface area contributed by atoms with Gasteiger partial charge in [0.1, 0.15) is 18.3 Å². The van der Waals surface area contributed by atoms with Crippen LogP contribution in [0.1, 0.15) is 50.2 Å². The first kappa shape index (κ1) is 25.9. The maximum Gasteiger partial charge on any atom is 0.310 e. The molecule has 4 atom stereocenters. The molecule has 1 aliphatic heterocycles. The minimum atomic E-state index is -1.31. The molecule has 180 valence electrons. The zero-order valence-corrected chi connectivity index (χ0v) is 18.8. The molecule has 0 aliphatic carbocycles. The van der Waals surface area contributed by atoms with Crippen LogP contribution in [0.25, 0.3) is 6.08 Å². The van der Waals surface area contributed by atoms with E-state index in [2.05, 4.69) is 9.68 Å². The fourth-order valence-corrected chi connectivity index (χ4v) is 4.26. The molecule has 2 rings (SSSR count). The molecule has 0 aromatic heterocycles. The van der Waals surface area contributed by atoms with Gasteiger partial charge < -0.3 is 19.5 Å². The number of rotatable bonds is 12. The third kappa shape index (κ3) is 8.25. The highest BCUT2D eigenvalue weighted by molar-refractivity contribution is 8.03. The smallest absolute Gasteiger partial charge is 0.310 e. The molecule has 0 bridgehead atoms. The molecule has 1 heterocycles. The number of carbonyl (C=O) groups is 2. The van der Waals surface area contributed by atoms with Crippen LogP contribution in [0.15, 0.2) is 29.2 Å². The van der Waals surface area contributed by atoms with Crippen molar-refractivity contribution >= 4 is 29.8 Å². The Kier molecular flexibility index (Phi) is 9.45. The van der Waals surface area contributed by atoms with Gasteiger partial charge in [-0.1, -0.05) is 24.3 Å². The number of benzene rings is 1. The van der Waals surface area contributed by atoms with Gasteiger partial charge >= 0.3 is 11.9 Å². The van der Waals surface area contributed by atoms with Gasteiger partial charge in [0.15, 0.2) is 0 Å². The van der Waals surface area contributed by atoms with Crippen LogP contribution in [0.3, 0.4) is 0 Å². The highest BCUT2D eigenvalue weighted by Crippen LogP contribution is 2.35. The van der Waals surface area contributed by atoms with Crippen molar-refractivity contribution in [3.05, 3.63) is 60.5 Å². The van der Waals surface area contributed by atoms with Crippen LogP contribution in [0.5, 0.6) is 0 Å². The highest BCUT2D eigenvalue weighted by Gasteiger charge is 2.28. The van der Waals surface area contributed by atoms with Crippen LogP contribution in [-0.2, 0) is 24.0 Å². The van der Waals surface area contributed by atoms with E-state index in [9.17, 15) is 29.8 Å². The number of carbonyl (C=O) groups excluding carboxylic acids is 1. The van der Waals surface area contributed by atoms with Crippen molar-refractivity contribution in [3.63, 3.8) is 0 Å². The number of carboxylic acids is 1. The molecule has 1 aliphatic rings. The molecule has 0 radical (unpaired) electrons. The largest absolute Gasteiger partial charge is 0.481 e. The van der Waals surface area contributed by atoms with E-state index in [0.717, 1.165) is 16.2 Å². The predicted octanol–water partition coefficient (Wildman–Crippen LogP) is 3.22. The number of thioether (sulfide) groups is 1. The van der Waals surface area contributed by atoms with Crippen molar-refractivity contribution in [2.45, 2.75) is 57.3 Å². The SMILES string of the molecule is CC(O[N+](=O)[O-])C(CCC(=O)O[C@H]1CCS/C1=C\c1ccc([C@H](C)C(=O)O)cc1)O[N+](=O)[O-]. The molecular formula is C20H24N2O10S. The van der Waals surface area contributed by atoms with E-state index in [1.807, 2.05) is 6.08 Å². The number of hydrogen-bond acceptors (Lipinski definition) is 10. The average molecular weight is 484 g/mol. The van der Waals surface area contributed by atoms with E-state index in [4.69, 9.17) is 9.84 Å². The summed E-state index contributed by atoms with van der Waals surface area (Å²) >= 11 is 1.53. The van der Waals surface area contributed by atoms with Gasteiger partial charge in [0.25, 0.3) is 10.2 Å². The predicted molar refractivity (Wildman–Crippen MR) is 116 cm³/mol. The summed E-state index contributed by atoms with van der Waals surface area (Å²) in [5.74, 6) is -1.42. The Morgan fingerprint density at radius 1 is 1.18 bits per heavy atom. The van der Waals surface area contributed by atoms with Crippen LogP contribution in [-0.4, -0.2) is 51.3 Å². The van der Waals surface area contributed by atoms with Crippen molar-refractivity contribution < 1.29 is 39.3 Å². The van der Waals surface area contributed by atoms with Crippen molar-refractivity contribution in [3.8, 4) is 0 Å². The molecule has 2 unspecified atom stereocenters. The molecule has 0 spiro atoms. The summed E-state index contributed by atoms with van der Waals surface area (Å²) in [6.07, 6.45) is -1.04. The summed E-state index contributed by atoms with van der Waals surface area (Å²) in [6.45, 7) is 2.84. The third-order valence-corrected chi connectivity index (χ3v) is 6.14. The molecule has 0 amide bonds.